The lowest BCUT2D eigenvalue weighted by Gasteiger charge is -2.09. The van der Waals surface area contributed by atoms with E-state index in [1.54, 1.807) is 12.5 Å². The van der Waals surface area contributed by atoms with Gasteiger partial charge in [-0.15, -0.1) is 12.4 Å². The molecule has 0 amide bonds. The molecule has 2 aromatic carbocycles. The van der Waals surface area contributed by atoms with Gasteiger partial charge in [-0.1, -0.05) is 41.9 Å². The normalized spacial score (nSPS) is 10.9. The third kappa shape index (κ3) is 4.84. The van der Waals surface area contributed by atoms with E-state index in [4.69, 9.17) is 11.6 Å². The maximum atomic E-state index is 5.96. The fourth-order valence-corrected chi connectivity index (χ4v) is 2.16. The standard InChI is InChI=1S/C17H15ClN4.ClH/c18-15-8-6-14(7-9-15)17(12-22-11-10-19-13-22)21-20-16-4-2-1-3-5-16;/h1-11,13,20H,12H2;1H/b21-17-;. The molecule has 118 valence electrons. The van der Waals surface area contributed by atoms with Gasteiger partial charge in [0.1, 0.15) is 0 Å². The predicted molar refractivity (Wildman–Crippen MR) is 97.5 cm³/mol. The Morgan fingerprint density at radius 2 is 1.83 bits per heavy atom. The van der Waals surface area contributed by atoms with Crippen LogP contribution >= 0.6 is 24.0 Å². The van der Waals surface area contributed by atoms with Crippen molar-refractivity contribution in [2.75, 3.05) is 5.43 Å². The smallest absolute Gasteiger partial charge is 0.0949 e. The highest BCUT2D eigenvalue weighted by atomic mass is 35.5. The summed E-state index contributed by atoms with van der Waals surface area (Å²) in [6.07, 6.45) is 5.44. The van der Waals surface area contributed by atoms with Crippen LogP contribution in [0.3, 0.4) is 0 Å². The number of hydrogen-bond donors (Lipinski definition) is 1. The fourth-order valence-electron chi connectivity index (χ4n) is 2.03. The summed E-state index contributed by atoms with van der Waals surface area (Å²) >= 11 is 5.96. The number of rotatable bonds is 5. The monoisotopic (exact) mass is 346 g/mol. The van der Waals surface area contributed by atoms with Crippen LogP contribution in [0.25, 0.3) is 0 Å². The van der Waals surface area contributed by atoms with Crippen molar-refractivity contribution >= 4 is 35.4 Å². The van der Waals surface area contributed by atoms with E-state index in [1.165, 1.54) is 0 Å². The Morgan fingerprint density at radius 3 is 2.48 bits per heavy atom. The molecule has 0 unspecified atom stereocenters. The largest absolute Gasteiger partial charge is 0.331 e. The van der Waals surface area contributed by atoms with E-state index in [0.29, 0.717) is 11.6 Å². The average Bonchev–Trinajstić information content (AvgIpc) is 3.06. The topological polar surface area (TPSA) is 42.2 Å². The van der Waals surface area contributed by atoms with Crippen LogP contribution in [-0.4, -0.2) is 15.3 Å². The third-order valence-corrected chi connectivity index (χ3v) is 3.41. The Morgan fingerprint density at radius 1 is 1.09 bits per heavy atom. The molecule has 0 bridgehead atoms. The summed E-state index contributed by atoms with van der Waals surface area (Å²) in [5, 5.41) is 5.25. The molecular formula is C17H16Cl2N4. The SMILES string of the molecule is Cl.Clc1ccc(/C(Cn2ccnc2)=N\Nc2ccccc2)cc1. The molecule has 0 aliphatic heterocycles. The van der Waals surface area contributed by atoms with E-state index in [-0.39, 0.29) is 12.4 Å². The highest BCUT2D eigenvalue weighted by Crippen LogP contribution is 2.12. The van der Waals surface area contributed by atoms with Crippen molar-refractivity contribution in [2.45, 2.75) is 6.54 Å². The van der Waals surface area contributed by atoms with Gasteiger partial charge in [0.15, 0.2) is 0 Å². The lowest BCUT2D eigenvalue weighted by atomic mass is 10.1. The van der Waals surface area contributed by atoms with Crippen LogP contribution in [0, 0.1) is 0 Å². The van der Waals surface area contributed by atoms with Crippen molar-refractivity contribution in [1.82, 2.24) is 9.55 Å². The summed E-state index contributed by atoms with van der Waals surface area (Å²) in [4.78, 5) is 4.07. The van der Waals surface area contributed by atoms with Gasteiger partial charge < -0.3 is 4.57 Å². The van der Waals surface area contributed by atoms with Gasteiger partial charge in [-0.3, -0.25) is 5.43 Å². The quantitative estimate of drug-likeness (QED) is 0.546. The summed E-state index contributed by atoms with van der Waals surface area (Å²) in [6.45, 7) is 0.626. The molecule has 0 atom stereocenters. The molecule has 0 radical (unpaired) electrons. The Balaban J connectivity index is 0.00000192. The number of nitrogens with zero attached hydrogens (tertiary/aromatic N) is 3. The Bertz CT molecular complexity index is 738. The zero-order valence-corrected chi connectivity index (χ0v) is 13.8. The van der Waals surface area contributed by atoms with E-state index >= 15 is 0 Å². The second kappa shape index (κ2) is 8.36. The van der Waals surface area contributed by atoms with Crippen molar-refractivity contribution in [1.29, 1.82) is 0 Å². The molecule has 4 nitrogen and oxygen atoms in total. The summed E-state index contributed by atoms with van der Waals surface area (Å²) in [5.41, 5.74) is 5.95. The number of nitrogens with one attached hydrogen (secondary N) is 1. The van der Waals surface area contributed by atoms with Gasteiger partial charge in [0, 0.05) is 17.4 Å². The molecule has 3 rings (SSSR count). The van der Waals surface area contributed by atoms with Crippen molar-refractivity contribution in [3.63, 3.8) is 0 Å². The van der Waals surface area contributed by atoms with Crippen LogP contribution in [0.2, 0.25) is 5.02 Å². The fraction of sp³-hybridized carbons (Fsp3) is 0.0588. The van der Waals surface area contributed by atoms with Crippen molar-refractivity contribution < 1.29 is 0 Å². The van der Waals surface area contributed by atoms with Crippen LogP contribution < -0.4 is 5.43 Å². The maximum Gasteiger partial charge on any atom is 0.0949 e. The van der Waals surface area contributed by atoms with Crippen molar-refractivity contribution in [3.8, 4) is 0 Å². The Labute approximate surface area is 146 Å². The summed E-state index contributed by atoms with van der Waals surface area (Å²) < 4.78 is 1.97. The van der Waals surface area contributed by atoms with Crippen LogP contribution in [0.4, 0.5) is 5.69 Å². The molecule has 3 aromatic rings. The van der Waals surface area contributed by atoms with Gasteiger partial charge in [-0.05, 0) is 29.8 Å². The zero-order chi connectivity index (χ0) is 15.2. The molecule has 23 heavy (non-hydrogen) atoms. The lowest BCUT2D eigenvalue weighted by Crippen LogP contribution is -2.12. The van der Waals surface area contributed by atoms with Gasteiger partial charge >= 0.3 is 0 Å². The van der Waals surface area contributed by atoms with E-state index in [1.807, 2.05) is 65.4 Å². The van der Waals surface area contributed by atoms with Gasteiger partial charge in [-0.25, -0.2) is 4.98 Å². The zero-order valence-electron chi connectivity index (χ0n) is 12.3. The molecule has 0 saturated carbocycles. The van der Waals surface area contributed by atoms with Gasteiger partial charge in [-0.2, -0.15) is 5.10 Å². The lowest BCUT2D eigenvalue weighted by molar-refractivity contribution is 0.848. The first-order valence-electron chi connectivity index (χ1n) is 6.90. The number of halogens is 2. The van der Waals surface area contributed by atoms with E-state index in [9.17, 15) is 0 Å². The molecule has 1 aromatic heterocycles. The minimum absolute atomic E-state index is 0. The Hall–Kier alpha value is -2.30. The number of hydrazone groups is 1. The maximum absolute atomic E-state index is 5.96. The molecule has 1 heterocycles. The third-order valence-electron chi connectivity index (χ3n) is 3.16. The minimum Gasteiger partial charge on any atom is -0.331 e. The second-order valence-corrected chi connectivity index (χ2v) is 5.21. The van der Waals surface area contributed by atoms with Gasteiger partial charge in [0.25, 0.3) is 0 Å². The van der Waals surface area contributed by atoms with Crippen molar-refractivity contribution in [3.05, 3.63) is 83.9 Å². The summed E-state index contributed by atoms with van der Waals surface area (Å²) in [5.74, 6) is 0. The first-order chi connectivity index (χ1) is 10.8. The first kappa shape index (κ1) is 17.1. The van der Waals surface area contributed by atoms with Crippen LogP contribution in [-0.2, 0) is 6.54 Å². The molecular weight excluding hydrogens is 331 g/mol. The van der Waals surface area contributed by atoms with E-state index < -0.39 is 0 Å². The van der Waals surface area contributed by atoms with Crippen LogP contribution in [0.15, 0.2) is 78.4 Å². The number of aromatic nitrogens is 2. The van der Waals surface area contributed by atoms with E-state index in [0.717, 1.165) is 17.0 Å². The van der Waals surface area contributed by atoms with Crippen molar-refractivity contribution in [2.24, 2.45) is 5.10 Å². The van der Waals surface area contributed by atoms with Gasteiger partial charge in [0.2, 0.25) is 0 Å². The highest BCUT2D eigenvalue weighted by Gasteiger charge is 2.05. The van der Waals surface area contributed by atoms with E-state index in [2.05, 4.69) is 15.5 Å². The minimum atomic E-state index is 0. The number of hydrogen-bond acceptors (Lipinski definition) is 3. The summed E-state index contributed by atoms with van der Waals surface area (Å²) in [6, 6.07) is 17.5. The van der Waals surface area contributed by atoms with Crippen LogP contribution in [0.1, 0.15) is 5.56 Å². The molecule has 0 saturated heterocycles. The average molecular weight is 347 g/mol. The van der Waals surface area contributed by atoms with Crippen LogP contribution in [0.5, 0.6) is 0 Å². The molecule has 0 aliphatic rings. The number of para-hydroxylation sites is 1. The predicted octanol–water partition coefficient (Wildman–Crippen LogP) is 4.47. The number of anilines is 1. The highest BCUT2D eigenvalue weighted by molar-refractivity contribution is 6.30. The molecule has 1 N–H and O–H groups in total. The van der Waals surface area contributed by atoms with Gasteiger partial charge in [0.05, 0.1) is 24.3 Å². The summed E-state index contributed by atoms with van der Waals surface area (Å²) in [7, 11) is 0. The second-order valence-electron chi connectivity index (χ2n) is 4.78. The first-order valence-corrected chi connectivity index (χ1v) is 7.28. The molecule has 0 aliphatic carbocycles. The molecule has 0 spiro atoms. The number of imidazole rings is 1. The molecule has 6 heteroatoms. The Kier molecular flexibility index (Phi) is 6.20. The number of benzene rings is 2. The molecule has 0 fully saturated rings.